The second-order valence-electron chi connectivity index (χ2n) is 7.33. The number of allylic oxidation sites excluding steroid dienone is 1. The van der Waals surface area contributed by atoms with Crippen molar-refractivity contribution >= 4 is 27.8 Å². The third-order valence-electron chi connectivity index (χ3n) is 5.20. The van der Waals surface area contributed by atoms with E-state index in [1.807, 2.05) is 36.4 Å². The molecule has 0 atom stereocenters. The topological polar surface area (TPSA) is 63.2 Å². The van der Waals surface area contributed by atoms with Crippen LogP contribution in [0.5, 0.6) is 23.0 Å². The number of ether oxygens (including phenoxy) is 5. The Morgan fingerprint density at radius 1 is 1.06 bits per heavy atom. The van der Waals surface area contributed by atoms with Crippen LogP contribution in [0.15, 0.2) is 64.8 Å². The normalized spacial score (nSPS) is 15.6. The Morgan fingerprint density at radius 3 is 2.69 bits per heavy atom. The van der Waals surface area contributed by atoms with Crippen LogP contribution in [0.25, 0.3) is 6.08 Å². The van der Waals surface area contributed by atoms with E-state index in [4.69, 9.17) is 23.7 Å². The molecule has 0 saturated carbocycles. The second-order valence-corrected chi connectivity index (χ2v) is 8.24. The summed E-state index contributed by atoms with van der Waals surface area (Å²) in [7, 11) is 1.63. The summed E-state index contributed by atoms with van der Waals surface area (Å²) in [6, 6.07) is 16.7. The van der Waals surface area contributed by atoms with Crippen LogP contribution < -0.4 is 18.9 Å². The summed E-state index contributed by atoms with van der Waals surface area (Å²) < 4.78 is 28.8. The number of carbonyl (C=O) groups excluding carboxylic acids is 1. The van der Waals surface area contributed by atoms with Gasteiger partial charge < -0.3 is 23.7 Å². The lowest BCUT2D eigenvalue weighted by Crippen LogP contribution is -2.12. The van der Waals surface area contributed by atoms with Gasteiger partial charge in [0.05, 0.1) is 19.3 Å². The monoisotopic (exact) mass is 494 g/mol. The molecule has 0 aromatic heterocycles. The molecule has 0 saturated heterocycles. The van der Waals surface area contributed by atoms with Gasteiger partial charge in [0.15, 0.2) is 12.6 Å². The van der Waals surface area contributed by atoms with Crippen molar-refractivity contribution in [1.29, 1.82) is 0 Å². The highest BCUT2D eigenvalue weighted by Gasteiger charge is 2.28. The van der Waals surface area contributed by atoms with Crippen molar-refractivity contribution in [3.63, 3.8) is 0 Å². The number of carbonyl (C=O) groups is 1. The van der Waals surface area contributed by atoms with E-state index >= 15 is 0 Å². The Balaban J connectivity index is 1.35. The quantitative estimate of drug-likeness (QED) is 0.435. The fourth-order valence-corrected chi connectivity index (χ4v) is 4.13. The molecule has 2 aliphatic heterocycles. The smallest absolute Gasteiger partial charge is 0.231 e. The van der Waals surface area contributed by atoms with Crippen molar-refractivity contribution in [2.75, 3.05) is 13.9 Å². The second kappa shape index (κ2) is 8.68. The highest BCUT2D eigenvalue weighted by atomic mass is 79.9. The molecule has 162 valence electrons. The SMILES string of the molecule is COc1ccc(COc2ccc3c(c2)OC(=Cc2cc(Br)cc4c2OCOC4)C3=O)cc1. The lowest BCUT2D eigenvalue weighted by atomic mass is 10.1. The number of ketones is 1. The van der Waals surface area contributed by atoms with E-state index in [2.05, 4.69) is 15.9 Å². The van der Waals surface area contributed by atoms with Crippen LogP contribution >= 0.6 is 15.9 Å². The molecule has 3 aromatic carbocycles. The van der Waals surface area contributed by atoms with Crippen LogP contribution in [-0.2, 0) is 18.0 Å². The Bertz CT molecular complexity index is 1220. The van der Waals surface area contributed by atoms with Gasteiger partial charge in [-0.15, -0.1) is 0 Å². The molecule has 32 heavy (non-hydrogen) atoms. The first kappa shape index (κ1) is 20.6. The van der Waals surface area contributed by atoms with E-state index in [1.165, 1.54) is 0 Å². The average molecular weight is 495 g/mol. The summed E-state index contributed by atoms with van der Waals surface area (Å²) in [6.07, 6.45) is 1.70. The van der Waals surface area contributed by atoms with Gasteiger partial charge in [-0.1, -0.05) is 28.1 Å². The number of hydrogen-bond donors (Lipinski definition) is 0. The van der Waals surface area contributed by atoms with Crippen LogP contribution in [0.1, 0.15) is 27.0 Å². The summed E-state index contributed by atoms with van der Waals surface area (Å²) in [5.41, 5.74) is 3.17. The van der Waals surface area contributed by atoms with Gasteiger partial charge >= 0.3 is 0 Å². The maximum absolute atomic E-state index is 12.9. The van der Waals surface area contributed by atoms with E-state index in [9.17, 15) is 4.79 Å². The molecule has 7 heteroatoms. The Hall–Kier alpha value is -3.29. The summed E-state index contributed by atoms with van der Waals surface area (Å²) in [5, 5.41) is 0. The summed E-state index contributed by atoms with van der Waals surface area (Å²) in [5.74, 6) is 2.64. The van der Waals surface area contributed by atoms with E-state index in [-0.39, 0.29) is 18.3 Å². The lowest BCUT2D eigenvalue weighted by Gasteiger charge is -2.20. The largest absolute Gasteiger partial charge is 0.497 e. The highest BCUT2D eigenvalue weighted by molar-refractivity contribution is 9.10. The predicted molar refractivity (Wildman–Crippen MR) is 121 cm³/mol. The zero-order valence-corrected chi connectivity index (χ0v) is 18.8. The molecule has 0 unspecified atom stereocenters. The number of fused-ring (bicyclic) bond motifs is 2. The Kier molecular flexibility index (Phi) is 5.59. The van der Waals surface area contributed by atoms with Gasteiger partial charge in [-0.2, -0.15) is 0 Å². The fraction of sp³-hybridized carbons (Fsp3) is 0.160. The Morgan fingerprint density at radius 2 is 1.88 bits per heavy atom. The minimum absolute atomic E-state index is 0.175. The molecule has 0 N–H and O–H groups in total. The van der Waals surface area contributed by atoms with Gasteiger partial charge in [0.2, 0.25) is 5.78 Å². The first-order chi connectivity index (χ1) is 15.6. The van der Waals surface area contributed by atoms with Crippen LogP contribution in [0.3, 0.4) is 0 Å². The first-order valence-electron chi connectivity index (χ1n) is 9.98. The molecule has 2 heterocycles. The van der Waals surface area contributed by atoms with E-state index in [0.717, 1.165) is 26.9 Å². The summed E-state index contributed by atoms with van der Waals surface area (Å²) in [4.78, 5) is 12.9. The molecule has 0 amide bonds. The summed E-state index contributed by atoms with van der Waals surface area (Å²) in [6.45, 7) is 1.02. The standard InChI is InChI=1S/C25H19BrO6/c1-28-19-4-2-15(3-5-19)12-30-20-6-7-21-22(11-20)32-23(24(21)27)10-16-8-18(26)9-17-13-29-14-31-25(16)17/h2-11H,12-14H2,1H3. The van der Waals surface area contributed by atoms with Crippen LogP contribution in [-0.4, -0.2) is 19.7 Å². The predicted octanol–water partition coefficient (Wildman–Crippen LogP) is 5.52. The van der Waals surface area contributed by atoms with Crippen LogP contribution in [0.2, 0.25) is 0 Å². The molecule has 6 nitrogen and oxygen atoms in total. The molecule has 5 rings (SSSR count). The van der Waals surface area contributed by atoms with Crippen molar-refractivity contribution < 1.29 is 28.5 Å². The maximum Gasteiger partial charge on any atom is 0.231 e. The minimum Gasteiger partial charge on any atom is -0.497 e. The molecular weight excluding hydrogens is 476 g/mol. The van der Waals surface area contributed by atoms with Gasteiger partial charge in [0, 0.05) is 21.7 Å². The zero-order chi connectivity index (χ0) is 22.1. The molecule has 0 bridgehead atoms. The maximum atomic E-state index is 12.9. The fourth-order valence-electron chi connectivity index (χ4n) is 3.60. The number of halogens is 1. The zero-order valence-electron chi connectivity index (χ0n) is 17.2. The lowest BCUT2D eigenvalue weighted by molar-refractivity contribution is -0.0165. The van der Waals surface area contributed by atoms with Crippen LogP contribution in [0.4, 0.5) is 0 Å². The molecule has 0 aliphatic carbocycles. The molecule has 3 aromatic rings. The molecule has 0 fully saturated rings. The number of benzene rings is 3. The van der Waals surface area contributed by atoms with Crippen LogP contribution in [0, 0.1) is 0 Å². The average Bonchev–Trinajstić information content (AvgIpc) is 3.12. The summed E-state index contributed by atoms with van der Waals surface area (Å²) >= 11 is 3.50. The number of rotatable bonds is 5. The van der Waals surface area contributed by atoms with Gasteiger partial charge in [-0.3, -0.25) is 4.79 Å². The molecular formula is C25H19BrO6. The van der Waals surface area contributed by atoms with Gasteiger partial charge in [0.1, 0.15) is 29.6 Å². The highest BCUT2D eigenvalue weighted by Crippen LogP contribution is 2.38. The van der Waals surface area contributed by atoms with E-state index < -0.39 is 0 Å². The third kappa shape index (κ3) is 4.09. The first-order valence-corrected chi connectivity index (χ1v) is 10.8. The van der Waals surface area contributed by atoms with Gasteiger partial charge in [0.25, 0.3) is 0 Å². The Labute approximate surface area is 193 Å². The van der Waals surface area contributed by atoms with Gasteiger partial charge in [-0.25, -0.2) is 0 Å². The third-order valence-corrected chi connectivity index (χ3v) is 5.65. The number of methoxy groups -OCH3 is 1. The van der Waals surface area contributed by atoms with Crippen molar-refractivity contribution in [3.8, 4) is 23.0 Å². The number of Topliss-reactive ketones (excluding diaryl/α,β-unsaturated/α-hetero) is 1. The van der Waals surface area contributed by atoms with Crippen molar-refractivity contribution in [2.24, 2.45) is 0 Å². The molecule has 0 radical (unpaired) electrons. The van der Waals surface area contributed by atoms with Crippen molar-refractivity contribution in [2.45, 2.75) is 13.2 Å². The van der Waals surface area contributed by atoms with Crippen molar-refractivity contribution in [3.05, 3.63) is 87.1 Å². The molecule has 0 spiro atoms. The van der Waals surface area contributed by atoms with Gasteiger partial charge in [-0.05, 0) is 48.0 Å². The minimum atomic E-state index is -0.178. The van der Waals surface area contributed by atoms with E-state index in [0.29, 0.717) is 36.0 Å². The molecule has 2 aliphatic rings. The van der Waals surface area contributed by atoms with Crippen molar-refractivity contribution in [1.82, 2.24) is 0 Å². The number of hydrogen-bond acceptors (Lipinski definition) is 6. The van der Waals surface area contributed by atoms with E-state index in [1.54, 1.807) is 31.4 Å².